The van der Waals surface area contributed by atoms with E-state index in [9.17, 15) is 9.59 Å². The van der Waals surface area contributed by atoms with Gasteiger partial charge in [0.25, 0.3) is 0 Å². The minimum Gasteiger partial charge on any atom is -0.312 e. The van der Waals surface area contributed by atoms with E-state index in [0.717, 1.165) is 19.4 Å². The topological polar surface area (TPSA) is 49.4 Å². The molecular weight excluding hydrogens is 252 g/mol. The third kappa shape index (κ3) is 2.76. The number of carbonyl (C=O) groups is 2. The van der Waals surface area contributed by atoms with Crippen molar-refractivity contribution in [2.45, 2.75) is 53.5 Å². The summed E-state index contributed by atoms with van der Waals surface area (Å²) in [6, 6.07) is 0.150. The highest BCUT2D eigenvalue weighted by Gasteiger charge is 2.52. The van der Waals surface area contributed by atoms with Crippen molar-refractivity contribution >= 4 is 11.8 Å². The normalized spacial score (nSPS) is 31.9. The Balaban J connectivity index is 2.10. The van der Waals surface area contributed by atoms with E-state index in [1.165, 1.54) is 4.90 Å². The molecule has 20 heavy (non-hydrogen) atoms. The van der Waals surface area contributed by atoms with Crippen LogP contribution in [0, 0.1) is 23.2 Å². The van der Waals surface area contributed by atoms with Crippen LogP contribution in [-0.2, 0) is 9.59 Å². The molecule has 0 aromatic heterocycles. The molecule has 3 atom stereocenters. The van der Waals surface area contributed by atoms with Crippen LogP contribution in [0.1, 0.15) is 47.5 Å². The number of likely N-dealkylation sites (N-methyl/N-ethyl adjacent to an activating group) is 1. The largest absolute Gasteiger partial charge is 0.312 e. The quantitative estimate of drug-likeness (QED) is 0.802. The first kappa shape index (κ1) is 15.5. The first-order valence-electron chi connectivity index (χ1n) is 7.84. The van der Waals surface area contributed by atoms with Gasteiger partial charge in [-0.1, -0.05) is 34.6 Å². The van der Waals surface area contributed by atoms with Crippen molar-refractivity contribution in [1.29, 1.82) is 0 Å². The lowest BCUT2D eigenvalue weighted by Crippen LogP contribution is -2.50. The van der Waals surface area contributed by atoms with Gasteiger partial charge < -0.3 is 5.32 Å². The Labute approximate surface area is 122 Å². The highest BCUT2D eigenvalue weighted by molar-refractivity contribution is 6.05. The van der Waals surface area contributed by atoms with Crippen molar-refractivity contribution in [3.8, 4) is 0 Å². The molecule has 1 aliphatic carbocycles. The number of likely N-dealkylation sites (tertiary alicyclic amines) is 1. The van der Waals surface area contributed by atoms with E-state index in [2.05, 4.69) is 39.9 Å². The van der Waals surface area contributed by atoms with Gasteiger partial charge in [0.05, 0.1) is 11.8 Å². The molecule has 0 aromatic rings. The van der Waals surface area contributed by atoms with Crippen molar-refractivity contribution in [2.75, 3.05) is 13.1 Å². The van der Waals surface area contributed by atoms with Gasteiger partial charge in [0.2, 0.25) is 11.8 Å². The molecule has 1 aliphatic heterocycles. The predicted octanol–water partition coefficient (Wildman–Crippen LogP) is 2.04. The number of nitrogens with one attached hydrogen (secondary N) is 1. The van der Waals surface area contributed by atoms with Gasteiger partial charge >= 0.3 is 0 Å². The van der Waals surface area contributed by atoms with Crippen LogP contribution in [0.25, 0.3) is 0 Å². The van der Waals surface area contributed by atoms with E-state index in [1.807, 2.05) is 0 Å². The number of imide groups is 1. The lowest BCUT2D eigenvalue weighted by atomic mass is 9.86. The van der Waals surface area contributed by atoms with Crippen LogP contribution in [0.2, 0.25) is 0 Å². The Morgan fingerprint density at radius 3 is 2.10 bits per heavy atom. The highest BCUT2D eigenvalue weighted by atomic mass is 16.2. The van der Waals surface area contributed by atoms with Crippen molar-refractivity contribution in [1.82, 2.24) is 10.2 Å². The Morgan fingerprint density at radius 1 is 1.20 bits per heavy atom. The minimum absolute atomic E-state index is 0.0293. The maximum atomic E-state index is 12.5. The molecule has 2 rings (SSSR count). The smallest absolute Gasteiger partial charge is 0.233 e. The molecule has 2 aliphatic rings. The fourth-order valence-electron chi connectivity index (χ4n) is 3.60. The molecule has 0 radical (unpaired) electrons. The number of nitrogens with zero attached hydrogens (tertiary/aromatic N) is 1. The third-order valence-corrected chi connectivity index (χ3v) is 4.83. The van der Waals surface area contributed by atoms with Crippen LogP contribution < -0.4 is 5.32 Å². The van der Waals surface area contributed by atoms with Gasteiger partial charge in [0.1, 0.15) is 0 Å². The van der Waals surface area contributed by atoms with Crippen LogP contribution in [0.15, 0.2) is 0 Å². The van der Waals surface area contributed by atoms with E-state index in [-0.39, 0.29) is 35.1 Å². The van der Waals surface area contributed by atoms with Crippen LogP contribution >= 0.6 is 0 Å². The summed E-state index contributed by atoms with van der Waals surface area (Å²) in [4.78, 5) is 26.5. The second-order valence-corrected chi connectivity index (χ2v) is 7.55. The fraction of sp³-hybridized carbons (Fsp3) is 0.875. The molecule has 4 nitrogen and oxygen atoms in total. The van der Waals surface area contributed by atoms with E-state index in [4.69, 9.17) is 0 Å². The van der Waals surface area contributed by atoms with Gasteiger partial charge in [-0.15, -0.1) is 0 Å². The molecule has 4 heteroatoms. The lowest BCUT2D eigenvalue weighted by Gasteiger charge is -2.34. The number of carbonyl (C=O) groups excluding carboxylic acids is 2. The number of hydrogen-bond acceptors (Lipinski definition) is 3. The zero-order chi connectivity index (χ0) is 15.1. The van der Waals surface area contributed by atoms with Crippen molar-refractivity contribution in [2.24, 2.45) is 23.2 Å². The summed E-state index contributed by atoms with van der Waals surface area (Å²) >= 11 is 0. The van der Waals surface area contributed by atoms with Crippen molar-refractivity contribution in [3.63, 3.8) is 0 Å². The zero-order valence-corrected chi connectivity index (χ0v) is 13.4. The molecular formula is C16H28N2O2. The number of hydrogen-bond donors (Lipinski definition) is 1. The Hall–Kier alpha value is -0.900. The summed E-state index contributed by atoms with van der Waals surface area (Å²) in [7, 11) is 0. The van der Waals surface area contributed by atoms with Gasteiger partial charge in [-0.3, -0.25) is 14.5 Å². The van der Waals surface area contributed by atoms with Gasteiger partial charge in [-0.05, 0) is 30.7 Å². The summed E-state index contributed by atoms with van der Waals surface area (Å²) in [5.74, 6) is 0.555. The maximum Gasteiger partial charge on any atom is 0.233 e. The molecule has 114 valence electrons. The van der Waals surface area contributed by atoms with Crippen LogP contribution in [0.5, 0.6) is 0 Å². The summed E-state index contributed by atoms with van der Waals surface area (Å²) < 4.78 is 0. The standard InChI is InChI=1S/C16H28N2O2/c1-6-17-13(16(3,4)5)9-18-14(19)11-7-10(2)8-12(11)15(18)20/h10-13,17H,6-9H2,1-5H3. The van der Waals surface area contributed by atoms with E-state index >= 15 is 0 Å². The summed E-state index contributed by atoms with van der Waals surface area (Å²) in [6.45, 7) is 12.0. The maximum absolute atomic E-state index is 12.5. The van der Waals surface area contributed by atoms with Gasteiger partial charge in [-0.2, -0.15) is 0 Å². The molecule has 1 N–H and O–H groups in total. The average molecular weight is 280 g/mol. The van der Waals surface area contributed by atoms with Gasteiger partial charge in [0, 0.05) is 12.6 Å². The predicted molar refractivity (Wildman–Crippen MR) is 79.0 cm³/mol. The van der Waals surface area contributed by atoms with E-state index < -0.39 is 0 Å². The minimum atomic E-state index is -0.0419. The lowest BCUT2D eigenvalue weighted by molar-refractivity contribution is -0.141. The van der Waals surface area contributed by atoms with Crippen molar-refractivity contribution < 1.29 is 9.59 Å². The molecule has 0 aromatic carbocycles. The Bertz CT molecular complexity index is 376. The molecule has 1 saturated heterocycles. The SMILES string of the molecule is CCNC(CN1C(=O)C2CC(C)CC2C1=O)C(C)(C)C. The molecule has 1 saturated carbocycles. The van der Waals surface area contributed by atoms with E-state index in [1.54, 1.807) is 0 Å². The van der Waals surface area contributed by atoms with Crippen LogP contribution in [0.4, 0.5) is 0 Å². The van der Waals surface area contributed by atoms with Gasteiger partial charge in [-0.25, -0.2) is 0 Å². The average Bonchev–Trinajstić information content (AvgIpc) is 2.81. The van der Waals surface area contributed by atoms with Crippen LogP contribution in [-0.4, -0.2) is 35.8 Å². The van der Waals surface area contributed by atoms with E-state index in [0.29, 0.717) is 12.5 Å². The summed E-state index contributed by atoms with van der Waals surface area (Å²) in [5.41, 5.74) is 0.0293. The summed E-state index contributed by atoms with van der Waals surface area (Å²) in [6.07, 6.45) is 1.76. The zero-order valence-electron chi connectivity index (χ0n) is 13.4. The highest BCUT2D eigenvalue weighted by Crippen LogP contribution is 2.43. The van der Waals surface area contributed by atoms with Crippen LogP contribution in [0.3, 0.4) is 0 Å². The number of amides is 2. The Morgan fingerprint density at radius 2 is 1.70 bits per heavy atom. The third-order valence-electron chi connectivity index (χ3n) is 4.83. The Kier molecular flexibility index (Phi) is 4.24. The first-order chi connectivity index (χ1) is 9.25. The second kappa shape index (κ2) is 5.47. The molecule has 2 fully saturated rings. The van der Waals surface area contributed by atoms with Gasteiger partial charge in [0.15, 0.2) is 0 Å². The second-order valence-electron chi connectivity index (χ2n) is 7.55. The number of fused-ring (bicyclic) bond motifs is 1. The first-order valence-corrected chi connectivity index (χ1v) is 7.84. The molecule has 3 unspecified atom stereocenters. The van der Waals surface area contributed by atoms with Crippen molar-refractivity contribution in [3.05, 3.63) is 0 Å². The molecule has 0 spiro atoms. The molecule has 1 heterocycles. The fourth-order valence-corrected chi connectivity index (χ4v) is 3.60. The monoisotopic (exact) mass is 280 g/mol. The molecule has 0 bridgehead atoms. The number of rotatable bonds is 4. The summed E-state index contributed by atoms with van der Waals surface area (Å²) in [5, 5.41) is 3.42. The molecule has 2 amide bonds.